The average molecular weight is 127 g/mol. The Labute approximate surface area is 56.1 Å². The van der Waals surface area contributed by atoms with E-state index in [1.165, 1.54) is 5.70 Å². The van der Waals surface area contributed by atoms with Gasteiger partial charge >= 0.3 is 0 Å². The molecule has 0 amide bonds. The number of rotatable bonds is 1. The Morgan fingerprint density at radius 2 is 2.44 bits per heavy atom. The highest BCUT2D eigenvalue weighted by Gasteiger charge is 2.09. The van der Waals surface area contributed by atoms with E-state index in [2.05, 4.69) is 17.9 Å². The maximum absolute atomic E-state index is 5.17. The smallest absolute Gasteiger partial charge is 0.118 e. The summed E-state index contributed by atoms with van der Waals surface area (Å²) in [4.78, 5) is 2.22. The molecule has 0 saturated carbocycles. The summed E-state index contributed by atoms with van der Waals surface area (Å²) in [5.74, 6) is 0. The largest absolute Gasteiger partial charge is 0.359 e. The zero-order valence-corrected chi connectivity index (χ0v) is 6.05. The molecule has 0 unspecified atom stereocenters. The fourth-order valence-corrected chi connectivity index (χ4v) is 0.875. The van der Waals surface area contributed by atoms with Gasteiger partial charge in [-0.15, -0.1) is 0 Å². The number of allylic oxidation sites excluding steroid dienone is 2. The molecule has 0 atom stereocenters. The lowest BCUT2D eigenvalue weighted by Gasteiger charge is -2.14. The van der Waals surface area contributed by atoms with Crippen molar-refractivity contribution in [1.29, 1.82) is 0 Å². The van der Waals surface area contributed by atoms with Crippen molar-refractivity contribution in [1.82, 2.24) is 4.90 Å². The van der Waals surface area contributed by atoms with Gasteiger partial charge in [0, 0.05) is 12.2 Å². The van der Waals surface area contributed by atoms with E-state index in [4.69, 9.17) is 4.74 Å². The van der Waals surface area contributed by atoms with Crippen molar-refractivity contribution in [2.24, 2.45) is 0 Å². The van der Waals surface area contributed by atoms with Gasteiger partial charge in [-0.2, -0.15) is 0 Å². The molecule has 1 aliphatic heterocycles. The molecule has 0 aliphatic carbocycles. The van der Waals surface area contributed by atoms with Gasteiger partial charge in [0.25, 0.3) is 0 Å². The van der Waals surface area contributed by atoms with Crippen molar-refractivity contribution in [3.63, 3.8) is 0 Å². The Morgan fingerprint density at radius 3 is 2.89 bits per heavy atom. The fraction of sp³-hybridized carbons (Fsp3) is 0.714. The molecule has 1 heterocycles. The van der Waals surface area contributed by atoms with E-state index in [9.17, 15) is 0 Å². The molecule has 0 bridgehead atoms. The number of hydrogen-bond acceptors (Lipinski definition) is 2. The number of ether oxygens (including phenoxy) is 1. The van der Waals surface area contributed by atoms with Gasteiger partial charge in [0.15, 0.2) is 0 Å². The molecule has 0 spiro atoms. The van der Waals surface area contributed by atoms with E-state index in [0.717, 1.165) is 19.9 Å². The predicted octanol–water partition coefficient (Wildman–Crippen LogP) is 1.20. The van der Waals surface area contributed by atoms with Crippen LogP contribution in [0.15, 0.2) is 11.8 Å². The lowest BCUT2D eigenvalue weighted by Crippen LogP contribution is -2.16. The van der Waals surface area contributed by atoms with Crippen LogP contribution in [-0.2, 0) is 4.74 Å². The van der Waals surface area contributed by atoms with Crippen LogP contribution in [0, 0.1) is 0 Å². The third kappa shape index (κ3) is 1.45. The Morgan fingerprint density at radius 1 is 1.67 bits per heavy atom. The molecule has 2 heteroatoms. The molecule has 0 aromatic carbocycles. The first-order chi connectivity index (χ1) is 4.34. The van der Waals surface area contributed by atoms with Gasteiger partial charge in [0.05, 0.1) is 6.61 Å². The first-order valence-electron chi connectivity index (χ1n) is 3.30. The summed E-state index contributed by atoms with van der Waals surface area (Å²) in [7, 11) is 0. The maximum atomic E-state index is 5.17. The van der Waals surface area contributed by atoms with Crippen LogP contribution < -0.4 is 0 Å². The summed E-state index contributed by atoms with van der Waals surface area (Å²) in [6.45, 7) is 6.86. The van der Waals surface area contributed by atoms with Crippen LogP contribution in [0.4, 0.5) is 0 Å². The summed E-state index contributed by atoms with van der Waals surface area (Å²) in [5, 5.41) is 0. The van der Waals surface area contributed by atoms with Gasteiger partial charge in [-0.1, -0.05) is 6.08 Å². The molecule has 1 fully saturated rings. The van der Waals surface area contributed by atoms with Crippen molar-refractivity contribution in [3.05, 3.63) is 11.8 Å². The zero-order valence-electron chi connectivity index (χ0n) is 6.05. The third-order valence-corrected chi connectivity index (χ3v) is 1.67. The second-order valence-electron chi connectivity index (χ2n) is 2.23. The number of nitrogens with zero attached hydrogens (tertiary/aromatic N) is 1. The molecule has 1 saturated heterocycles. The molecule has 0 N–H and O–H groups in total. The van der Waals surface area contributed by atoms with Crippen molar-refractivity contribution in [2.45, 2.75) is 13.8 Å². The Hall–Kier alpha value is -0.500. The summed E-state index contributed by atoms with van der Waals surface area (Å²) in [6.07, 6.45) is 2.11. The van der Waals surface area contributed by atoms with E-state index < -0.39 is 0 Å². The minimum absolute atomic E-state index is 0.774. The van der Waals surface area contributed by atoms with Gasteiger partial charge in [-0.05, 0) is 13.8 Å². The van der Waals surface area contributed by atoms with Crippen LogP contribution in [0.25, 0.3) is 0 Å². The van der Waals surface area contributed by atoms with Crippen LogP contribution in [0.1, 0.15) is 13.8 Å². The Bertz CT molecular complexity index is 114. The van der Waals surface area contributed by atoms with E-state index >= 15 is 0 Å². The van der Waals surface area contributed by atoms with Crippen molar-refractivity contribution in [2.75, 3.05) is 19.9 Å². The molecular weight excluding hydrogens is 114 g/mol. The van der Waals surface area contributed by atoms with Crippen LogP contribution in [0.3, 0.4) is 0 Å². The molecular formula is C7H13NO. The lowest BCUT2D eigenvalue weighted by molar-refractivity contribution is 0.156. The second kappa shape index (κ2) is 2.87. The average Bonchev–Trinajstić information content (AvgIpc) is 2.37. The number of hydrogen-bond donors (Lipinski definition) is 0. The van der Waals surface area contributed by atoms with Gasteiger partial charge in [-0.3, -0.25) is 0 Å². The van der Waals surface area contributed by atoms with Crippen LogP contribution in [0.2, 0.25) is 0 Å². The molecule has 0 aromatic rings. The first-order valence-corrected chi connectivity index (χ1v) is 3.30. The van der Waals surface area contributed by atoms with E-state index in [0.29, 0.717) is 0 Å². The minimum Gasteiger partial charge on any atom is -0.359 e. The topological polar surface area (TPSA) is 12.5 Å². The third-order valence-electron chi connectivity index (χ3n) is 1.67. The molecule has 9 heavy (non-hydrogen) atoms. The van der Waals surface area contributed by atoms with Gasteiger partial charge < -0.3 is 9.64 Å². The minimum atomic E-state index is 0.774. The summed E-state index contributed by atoms with van der Waals surface area (Å²) >= 11 is 0. The van der Waals surface area contributed by atoms with Gasteiger partial charge in [-0.25, -0.2) is 0 Å². The van der Waals surface area contributed by atoms with Crippen molar-refractivity contribution >= 4 is 0 Å². The summed E-state index contributed by atoms with van der Waals surface area (Å²) in [5.41, 5.74) is 1.31. The van der Waals surface area contributed by atoms with Gasteiger partial charge in [0.1, 0.15) is 6.73 Å². The lowest BCUT2D eigenvalue weighted by atomic mass is 10.4. The van der Waals surface area contributed by atoms with Crippen LogP contribution in [0.5, 0.6) is 0 Å². The maximum Gasteiger partial charge on any atom is 0.118 e. The summed E-state index contributed by atoms with van der Waals surface area (Å²) < 4.78 is 5.17. The fourth-order valence-electron chi connectivity index (χ4n) is 0.875. The quantitative estimate of drug-likeness (QED) is 0.524. The van der Waals surface area contributed by atoms with E-state index in [-0.39, 0.29) is 0 Å². The zero-order chi connectivity index (χ0) is 6.69. The van der Waals surface area contributed by atoms with Crippen LogP contribution in [-0.4, -0.2) is 24.8 Å². The summed E-state index contributed by atoms with van der Waals surface area (Å²) in [6, 6.07) is 0. The van der Waals surface area contributed by atoms with Crippen LogP contribution >= 0.6 is 0 Å². The second-order valence-corrected chi connectivity index (χ2v) is 2.23. The normalized spacial score (nSPS) is 21.1. The first kappa shape index (κ1) is 6.62. The molecule has 2 nitrogen and oxygen atoms in total. The highest BCUT2D eigenvalue weighted by Crippen LogP contribution is 2.07. The molecule has 1 rings (SSSR count). The Balaban J connectivity index is 2.42. The standard InChI is InChI=1S/C7H13NO/c1-3-7(2)8-4-5-9-6-8/h3H,4-6H2,1-2H3/b7-3+. The van der Waals surface area contributed by atoms with E-state index in [1.807, 2.05) is 6.92 Å². The molecule has 1 aliphatic rings. The van der Waals surface area contributed by atoms with Gasteiger partial charge in [0.2, 0.25) is 0 Å². The van der Waals surface area contributed by atoms with Crippen molar-refractivity contribution < 1.29 is 4.74 Å². The highest BCUT2D eigenvalue weighted by atomic mass is 16.5. The monoisotopic (exact) mass is 127 g/mol. The Kier molecular flexibility index (Phi) is 2.11. The van der Waals surface area contributed by atoms with E-state index in [1.54, 1.807) is 0 Å². The predicted molar refractivity (Wildman–Crippen MR) is 37.0 cm³/mol. The molecule has 0 radical (unpaired) electrons. The molecule has 0 aromatic heterocycles. The highest BCUT2D eigenvalue weighted by molar-refractivity contribution is 4.95. The SMILES string of the molecule is C/C=C(\C)N1CCOC1. The van der Waals surface area contributed by atoms with Crippen molar-refractivity contribution in [3.8, 4) is 0 Å². The molecule has 52 valence electrons.